The monoisotopic (exact) mass is 317 g/mol. The highest BCUT2D eigenvalue weighted by molar-refractivity contribution is 9.10. The van der Waals surface area contributed by atoms with Gasteiger partial charge in [-0.1, -0.05) is 22.0 Å². The first-order chi connectivity index (χ1) is 9.22. The summed E-state index contributed by atoms with van der Waals surface area (Å²) in [5.74, 6) is 0.0200. The number of hydrogen-bond acceptors (Lipinski definition) is 3. The largest absolute Gasteiger partial charge is 0.323 e. The van der Waals surface area contributed by atoms with Gasteiger partial charge in [0.2, 0.25) is 5.91 Å². The maximum Gasteiger partial charge on any atom is 0.228 e. The highest BCUT2D eigenvalue weighted by atomic mass is 79.9. The molecule has 3 rings (SSSR count). The van der Waals surface area contributed by atoms with Crippen molar-refractivity contribution in [2.75, 3.05) is 5.32 Å². The number of aromatic nitrogens is 2. The fourth-order valence-electron chi connectivity index (χ4n) is 2.38. The summed E-state index contributed by atoms with van der Waals surface area (Å²) < 4.78 is 1.06. The van der Waals surface area contributed by atoms with Crippen molar-refractivity contribution >= 4 is 27.5 Å². The van der Waals surface area contributed by atoms with E-state index in [0.717, 1.165) is 17.3 Å². The van der Waals surface area contributed by atoms with E-state index in [4.69, 9.17) is 0 Å². The molecule has 1 N–H and O–H groups in total. The third-order valence-corrected chi connectivity index (χ3v) is 3.79. The average Bonchev–Trinajstić information content (AvgIpc) is 2.83. The number of carbonyl (C=O) groups excluding carboxylic acids is 1. The Kier molecular flexibility index (Phi) is 3.29. The van der Waals surface area contributed by atoms with E-state index in [0.29, 0.717) is 5.69 Å². The zero-order valence-electron chi connectivity index (χ0n) is 10.1. The van der Waals surface area contributed by atoms with Gasteiger partial charge in [-0.3, -0.25) is 4.79 Å². The Labute approximate surface area is 119 Å². The Morgan fingerprint density at radius 2 is 1.95 bits per heavy atom. The number of rotatable bonds is 2. The van der Waals surface area contributed by atoms with Gasteiger partial charge in [-0.15, -0.1) is 0 Å². The fraction of sp³-hybridized carbons (Fsp3) is 0.214. The molecule has 0 spiro atoms. The molecule has 4 nitrogen and oxygen atoms in total. The smallest absolute Gasteiger partial charge is 0.228 e. The van der Waals surface area contributed by atoms with Gasteiger partial charge < -0.3 is 5.32 Å². The molecule has 5 heteroatoms. The molecular weight excluding hydrogens is 306 g/mol. The van der Waals surface area contributed by atoms with E-state index < -0.39 is 0 Å². The lowest BCUT2D eigenvalue weighted by Crippen LogP contribution is -2.23. The van der Waals surface area contributed by atoms with Crippen LogP contribution in [0.25, 0.3) is 0 Å². The second kappa shape index (κ2) is 5.09. The number of nitrogens with one attached hydrogen (secondary N) is 1. The van der Waals surface area contributed by atoms with Crippen LogP contribution in [0, 0.1) is 5.92 Å². The predicted molar refractivity (Wildman–Crippen MR) is 75.7 cm³/mol. The van der Waals surface area contributed by atoms with Gasteiger partial charge in [0.05, 0.1) is 18.1 Å². The Bertz CT molecular complexity index is 615. The molecule has 96 valence electrons. The van der Waals surface area contributed by atoms with Crippen LogP contribution >= 0.6 is 15.9 Å². The number of fused-ring (bicyclic) bond motifs is 1. The van der Waals surface area contributed by atoms with Crippen LogP contribution in [0.15, 0.2) is 41.4 Å². The van der Waals surface area contributed by atoms with Crippen LogP contribution < -0.4 is 5.32 Å². The molecule has 1 atom stereocenters. The van der Waals surface area contributed by atoms with Crippen LogP contribution in [0.4, 0.5) is 5.69 Å². The summed E-state index contributed by atoms with van der Waals surface area (Å²) in [6.07, 6.45) is 6.22. The number of anilines is 1. The van der Waals surface area contributed by atoms with Gasteiger partial charge >= 0.3 is 0 Å². The van der Waals surface area contributed by atoms with Crippen LogP contribution in [0.2, 0.25) is 0 Å². The van der Waals surface area contributed by atoms with Crippen LogP contribution in [-0.2, 0) is 17.6 Å². The minimum absolute atomic E-state index is 0.00972. The molecule has 1 aromatic heterocycles. The zero-order chi connectivity index (χ0) is 13.2. The maximum absolute atomic E-state index is 12.2. The van der Waals surface area contributed by atoms with E-state index >= 15 is 0 Å². The first-order valence-electron chi connectivity index (χ1n) is 6.05. The molecule has 19 heavy (non-hydrogen) atoms. The molecular formula is C14H12BrN3O. The summed E-state index contributed by atoms with van der Waals surface area (Å²) in [6, 6.07) is 6.19. The van der Waals surface area contributed by atoms with Gasteiger partial charge in [-0.2, -0.15) is 0 Å². The van der Waals surface area contributed by atoms with E-state index in [-0.39, 0.29) is 11.8 Å². The minimum Gasteiger partial charge on any atom is -0.323 e. The second-order valence-corrected chi connectivity index (χ2v) is 5.55. The Morgan fingerprint density at radius 3 is 2.74 bits per heavy atom. The van der Waals surface area contributed by atoms with Gasteiger partial charge in [-0.25, -0.2) is 9.97 Å². The summed E-state index contributed by atoms with van der Waals surface area (Å²) in [6.45, 7) is 0. The van der Waals surface area contributed by atoms with Crippen molar-refractivity contribution in [1.82, 2.24) is 9.97 Å². The molecule has 1 heterocycles. The van der Waals surface area contributed by atoms with Gasteiger partial charge in [-0.05, 0) is 36.1 Å². The predicted octanol–water partition coefficient (Wildman–Crippen LogP) is 2.59. The number of benzene rings is 1. The summed E-state index contributed by atoms with van der Waals surface area (Å²) in [5, 5.41) is 2.86. The highest BCUT2D eigenvalue weighted by Crippen LogP contribution is 2.29. The van der Waals surface area contributed by atoms with Crippen molar-refractivity contribution in [2.24, 2.45) is 5.92 Å². The van der Waals surface area contributed by atoms with Gasteiger partial charge in [0.25, 0.3) is 0 Å². The number of carbonyl (C=O) groups is 1. The van der Waals surface area contributed by atoms with Crippen LogP contribution in [0.1, 0.15) is 11.1 Å². The quantitative estimate of drug-likeness (QED) is 0.926. The van der Waals surface area contributed by atoms with Crippen molar-refractivity contribution in [3.05, 3.63) is 52.5 Å². The lowest BCUT2D eigenvalue weighted by Gasteiger charge is -2.09. The first kappa shape index (κ1) is 12.3. The molecule has 1 aromatic carbocycles. The fourth-order valence-corrected chi connectivity index (χ4v) is 2.79. The van der Waals surface area contributed by atoms with E-state index in [1.165, 1.54) is 17.5 Å². The number of halogens is 1. The van der Waals surface area contributed by atoms with Crippen molar-refractivity contribution in [3.8, 4) is 0 Å². The van der Waals surface area contributed by atoms with Gasteiger partial charge in [0.15, 0.2) is 0 Å². The van der Waals surface area contributed by atoms with Crippen LogP contribution in [0.5, 0.6) is 0 Å². The molecule has 1 aliphatic carbocycles. The maximum atomic E-state index is 12.2. The van der Waals surface area contributed by atoms with Gasteiger partial charge in [0.1, 0.15) is 6.33 Å². The zero-order valence-corrected chi connectivity index (χ0v) is 11.7. The third-order valence-electron chi connectivity index (χ3n) is 3.30. The first-order valence-corrected chi connectivity index (χ1v) is 6.85. The molecule has 1 amide bonds. The normalized spacial score (nSPS) is 17.0. The Morgan fingerprint density at radius 1 is 1.21 bits per heavy atom. The molecule has 0 radical (unpaired) electrons. The standard InChI is InChI=1S/C14H12BrN3O/c15-12-2-1-9-3-11(4-10(9)5-12)14(19)18-13-6-16-8-17-7-13/h1-2,5-8,11H,3-4H2,(H,18,19). The Hall–Kier alpha value is -1.75. The lowest BCUT2D eigenvalue weighted by atomic mass is 10.1. The van der Waals surface area contributed by atoms with E-state index in [9.17, 15) is 4.79 Å². The lowest BCUT2D eigenvalue weighted by molar-refractivity contribution is -0.119. The Balaban J connectivity index is 1.71. The summed E-state index contributed by atoms with van der Waals surface area (Å²) in [7, 11) is 0. The molecule has 0 aliphatic heterocycles. The number of nitrogens with zero attached hydrogens (tertiary/aromatic N) is 2. The molecule has 0 saturated heterocycles. The van der Waals surface area contributed by atoms with E-state index in [2.05, 4.69) is 43.3 Å². The molecule has 0 fully saturated rings. The van der Waals surface area contributed by atoms with Crippen LogP contribution in [-0.4, -0.2) is 15.9 Å². The van der Waals surface area contributed by atoms with Gasteiger partial charge in [0, 0.05) is 10.4 Å². The van der Waals surface area contributed by atoms with Crippen molar-refractivity contribution < 1.29 is 4.79 Å². The minimum atomic E-state index is -0.00972. The number of hydrogen-bond donors (Lipinski definition) is 1. The molecule has 1 unspecified atom stereocenters. The van der Waals surface area contributed by atoms with Crippen molar-refractivity contribution in [1.29, 1.82) is 0 Å². The molecule has 0 saturated carbocycles. The average molecular weight is 318 g/mol. The summed E-state index contributed by atoms with van der Waals surface area (Å²) in [5.41, 5.74) is 3.15. The summed E-state index contributed by atoms with van der Waals surface area (Å²) >= 11 is 3.46. The SMILES string of the molecule is O=C(Nc1cncnc1)C1Cc2ccc(Br)cc2C1. The second-order valence-electron chi connectivity index (χ2n) is 4.63. The van der Waals surface area contributed by atoms with Crippen molar-refractivity contribution in [3.63, 3.8) is 0 Å². The topological polar surface area (TPSA) is 54.9 Å². The third kappa shape index (κ3) is 2.66. The molecule has 1 aliphatic rings. The van der Waals surface area contributed by atoms with Crippen molar-refractivity contribution in [2.45, 2.75) is 12.8 Å². The van der Waals surface area contributed by atoms with E-state index in [1.807, 2.05) is 6.07 Å². The number of amides is 1. The molecule has 0 bridgehead atoms. The molecule has 2 aromatic rings. The highest BCUT2D eigenvalue weighted by Gasteiger charge is 2.27. The van der Waals surface area contributed by atoms with Crippen LogP contribution in [0.3, 0.4) is 0 Å². The summed E-state index contributed by atoms with van der Waals surface area (Å²) in [4.78, 5) is 20.0. The van der Waals surface area contributed by atoms with E-state index in [1.54, 1.807) is 12.4 Å².